The largest absolute Gasteiger partial charge is 0.480 e. The molecule has 0 N–H and O–H groups in total. The standard InChI is InChI=1S/C23H23NO2/c1-3-21(26-22-14-8-11-17-9-4-6-12-19(17)22)23(25)24-16(2)15-18-10-5-7-13-20(18)24/h4-14,16,21H,3,15H2,1-2H3/t16-,21+/m0/s1. The van der Waals surface area contributed by atoms with Gasteiger partial charge in [-0.05, 0) is 42.8 Å². The Bertz CT molecular complexity index is 944. The SMILES string of the molecule is CC[C@@H](Oc1cccc2ccccc12)C(=O)N1c2ccccc2C[C@@H]1C. The van der Waals surface area contributed by atoms with Crippen LogP contribution < -0.4 is 9.64 Å². The molecule has 4 rings (SSSR count). The summed E-state index contributed by atoms with van der Waals surface area (Å²) in [6, 6.07) is 22.4. The van der Waals surface area contributed by atoms with Gasteiger partial charge in [0, 0.05) is 17.1 Å². The number of fused-ring (bicyclic) bond motifs is 2. The molecule has 0 spiro atoms. The first-order valence-corrected chi connectivity index (χ1v) is 9.24. The van der Waals surface area contributed by atoms with E-state index in [9.17, 15) is 4.79 Å². The zero-order valence-corrected chi connectivity index (χ0v) is 15.2. The number of rotatable bonds is 4. The summed E-state index contributed by atoms with van der Waals surface area (Å²) in [5, 5.41) is 2.16. The van der Waals surface area contributed by atoms with Gasteiger partial charge in [-0.3, -0.25) is 4.79 Å². The van der Waals surface area contributed by atoms with Crippen molar-refractivity contribution in [1.29, 1.82) is 0 Å². The maximum absolute atomic E-state index is 13.3. The summed E-state index contributed by atoms with van der Waals surface area (Å²) in [7, 11) is 0. The number of ether oxygens (including phenoxy) is 1. The van der Waals surface area contributed by atoms with Gasteiger partial charge in [0.2, 0.25) is 0 Å². The first-order chi connectivity index (χ1) is 12.7. The van der Waals surface area contributed by atoms with E-state index in [0.717, 1.165) is 28.6 Å². The molecular formula is C23H23NO2. The van der Waals surface area contributed by atoms with Crippen molar-refractivity contribution in [2.24, 2.45) is 0 Å². The molecule has 0 radical (unpaired) electrons. The van der Waals surface area contributed by atoms with E-state index in [-0.39, 0.29) is 11.9 Å². The second kappa shape index (κ2) is 6.83. The van der Waals surface area contributed by atoms with Crippen LogP contribution in [0.3, 0.4) is 0 Å². The Hall–Kier alpha value is -2.81. The lowest BCUT2D eigenvalue weighted by Crippen LogP contribution is -2.44. The van der Waals surface area contributed by atoms with Gasteiger partial charge in [0.25, 0.3) is 5.91 Å². The molecule has 0 saturated heterocycles. The Morgan fingerprint density at radius 3 is 2.65 bits per heavy atom. The van der Waals surface area contributed by atoms with E-state index in [1.165, 1.54) is 5.56 Å². The number of hydrogen-bond acceptors (Lipinski definition) is 2. The lowest BCUT2D eigenvalue weighted by atomic mass is 10.1. The first-order valence-electron chi connectivity index (χ1n) is 9.24. The molecule has 0 fully saturated rings. The Morgan fingerprint density at radius 2 is 1.81 bits per heavy atom. The number of hydrogen-bond donors (Lipinski definition) is 0. The molecule has 0 saturated carbocycles. The van der Waals surface area contributed by atoms with Gasteiger partial charge in [0.15, 0.2) is 6.10 Å². The molecular weight excluding hydrogens is 322 g/mol. The van der Waals surface area contributed by atoms with E-state index in [1.807, 2.05) is 60.4 Å². The van der Waals surface area contributed by atoms with Crippen molar-refractivity contribution >= 4 is 22.4 Å². The second-order valence-electron chi connectivity index (χ2n) is 6.88. The third-order valence-corrected chi connectivity index (χ3v) is 5.11. The molecule has 0 unspecified atom stereocenters. The highest BCUT2D eigenvalue weighted by Gasteiger charge is 2.35. The topological polar surface area (TPSA) is 29.5 Å². The number of carbonyl (C=O) groups is 1. The van der Waals surface area contributed by atoms with Crippen LogP contribution in [0.1, 0.15) is 25.8 Å². The van der Waals surface area contributed by atoms with E-state index >= 15 is 0 Å². The number of carbonyl (C=O) groups excluding carboxylic acids is 1. The molecule has 3 heteroatoms. The van der Waals surface area contributed by atoms with Crippen LogP contribution in [0, 0.1) is 0 Å². The molecule has 1 amide bonds. The molecule has 3 nitrogen and oxygen atoms in total. The average Bonchev–Trinajstić information content (AvgIpc) is 3.01. The summed E-state index contributed by atoms with van der Waals surface area (Å²) in [5.74, 6) is 0.807. The Morgan fingerprint density at radius 1 is 1.08 bits per heavy atom. The van der Waals surface area contributed by atoms with Crippen molar-refractivity contribution in [2.75, 3.05) is 4.90 Å². The third kappa shape index (κ3) is 2.84. The van der Waals surface area contributed by atoms with Gasteiger partial charge in [-0.15, -0.1) is 0 Å². The molecule has 0 bridgehead atoms. The van der Waals surface area contributed by atoms with Gasteiger partial charge in [0.1, 0.15) is 5.75 Å². The van der Waals surface area contributed by atoms with Crippen LogP contribution in [0.5, 0.6) is 5.75 Å². The second-order valence-corrected chi connectivity index (χ2v) is 6.88. The fraction of sp³-hybridized carbons (Fsp3) is 0.261. The average molecular weight is 345 g/mol. The molecule has 0 aromatic heterocycles. The van der Waals surface area contributed by atoms with Crippen molar-refractivity contribution < 1.29 is 9.53 Å². The van der Waals surface area contributed by atoms with Crippen molar-refractivity contribution in [3.8, 4) is 5.75 Å². The summed E-state index contributed by atoms with van der Waals surface area (Å²) < 4.78 is 6.22. The van der Waals surface area contributed by atoms with Crippen molar-refractivity contribution in [2.45, 2.75) is 38.8 Å². The van der Waals surface area contributed by atoms with Gasteiger partial charge in [-0.25, -0.2) is 0 Å². The summed E-state index contributed by atoms with van der Waals surface area (Å²) in [4.78, 5) is 15.2. The molecule has 26 heavy (non-hydrogen) atoms. The number of anilines is 1. The summed E-state index contributed by atoms with van der Waals surface area (Å²) in [6.45, 7) is 4.10. The Kier molecular flexibility index (Phi) is 4.37. The number of para-hydroxylation sites is 1. The van der Waals surface area contributed by atoms with Crippen molar-refractivity contribution in [3.05, 3.63) is 72.3 Å². The quantitative estimate of drug-likeness (QED) is 0.668. The van der Waals surface area contributed by atoms with E-state index in [1.54, 1.807) is 0 Å². The van der Waals surface area contributed by atoms with Crippen LogP contribution in [-0.4, -0.2) is 18.1 Å². The first kappa shape index (κ1) is 16.6. The molecule has 1 heterocycles. The van der Waals surface area contributed by atoms with Gasteiger partial charge in [0.05, 0.1) is 0 Å². The molecule has 2 atom stereocenters. The summed E-state index contributed by atoms with van der Waals surface area (Å²) in [6.07, 6.45) is 1.04. The highest BCUT2D eigenvalue weighted by atomic mass is 16.5. The van der Waals surface area contributed by atoms with E-state index < -0.39 is 6.10 Å². The van der Waals surface area contributed by atoms with Gasteiger partial charge >= 0.3 is 0 Å². The van der Waals surface area contributed by atoms with Crippen LogP contribution >= 0.6 is 0 Å². The molecule has 1 aliphatic heterocycles. The predicted octanol–water partition coefficient (Wildman–Crippen LogP) is 4.98. The molecule has 132 valence electrons. The lowest BCUT2D eigenvalue weighted by Gasteiger charge is -2.28. The number of benzene rings is 3. The molecule has 3 aromatic rings. The Balaban J connectivity index is 1.64. The predicted molar refractivity (Wildman–Crippen MR) is 106 cm³/mol. The van der Waals surface area contributed by atoms with Crippen LogP contribution in [0.25, 0.3) is 10.8 Å². The number of nitrogens with zero attached hydrogens (tertiary/aromatic N) is 1. The minimum absolute atomic E-state index is 0.0397. The van der Waals surface area contributed by atoms with Crippen LogP contribution in [0.4, 0.5) is 5.69 Å². The van der Waals surface area contributed by atoms with Crippen LogP contribution in [-0.2, 0) is 11.2 Å². The van der Waals surface area contributed by atoms with Crippen molar-refractivity contribution in [1.82, 2.24) is 0 Å². The minimum atomic E-state index is -0.491. The Labute approximate surface area is 154 Å². The normalized spacial score (nSPS) is 17.2. The van der Waals surface area contributed by atoms with E-state index in [4.69, 9.17) is 4.74 Å². The van der Waals surface area contributed by atoms with Gasteiger partial charge in [-0.1, -0.05) is 61.5 Å². The van der Waals surface area contributed by atoms with Gasteiger partial charge < -0.3 is 9.64 Å². The third-order valence-electron chi connectivity index (χ3n) is 5.11. The van der Waals surface area contributed by atoms with Crippen LogP contribution in [0.15, 0.2) is 66.7 Å². The molecule has 0 aliphatic carbocycles. The zero-order chi connectivity index (χ0) is 18.1. The number of amides is 1. The van der Waals surface area contributed by atoms with Crippen molar-refractivity contribution in [3.63, 3.8) is 0 Å². The van der Waals surface area contributed by atoms with E-state index in [0.29, 0.717) is 6.42 Å². The zero-order valence-electron chi connectivity index (χ0n) is 15.2. The lowest BCUT2D eigenvalue weighted by molar-refractivity contribution is -0.125. The fourth-order valence-corrected chi connectivity index (χ4v) is 3.82. The van der Waals surface area contributed by atoms with Crippen LogP contribution in [0.2, 0.25) is 0 Å². The smallest absolute Gasteiger partial charge is 0.268 e. The van der Waals surface area contributed by atoms with E-state index in [2.05, 4.69) is 25.1 Å². The maximum Gasteiger partial charge on any atom is 0.268 e. The molecule has 3 aromatic carbocycles. The highest BCUT2D eigenvalue weighted by Crippen LogP contribution is 2.33. The molecule has 1 aliphatic rings. The fourth-order valence-electron chi connectivity index (χ4n) is 3.82. The monoisotopic (exact) mass is 345 g/mol. The van der Waals surface area contributed by atoms with Gasteiger partial charge in [-0.2, -0.15) is 0 Å². The minimum Gasteiger partial charge on any atom is -0.480 e. The maximum atomic E-state index is 13.3. The summed E-state index contributed by atoms with van der Waals surface area (Å²) >= 11 is 0. The highest BCUT2D eigenvalue weighted by molar-refractivity contribution is 5.99. The summed E-state index contributed by atoms with van der Waals surface area (Å²) in [5.41, 5.74) is 2.25.